The Labute approximate surface area is 117 Å². The molecule has 0 unspecified atom stereocenters. The maximum atomic E-state index is 5.90. The van der Waals surface area contributed by atoms with E-state index in [1.54, 1.807) is 0 Å². The van der Waals surface area contributed by atoms with Gasteiger partial charge in [-0.25, -0.2) is 0 Å². The van der Waals surface area contributed by atoms with Crippen LogP contribution >= 0.6 is 0 Å². The second kappa shape index (κ2) is 5.95. The molecule has 0 spiro atoms. The van der Waals surface area contributed by atoms with Crippen molar-refractivity contribution in [2.75, 3.05) is 11.9 Å². The fourth-order valence-corrected chi connectivity index (χ4v) is 3.48. The Morgan fingerprint density at radius 2 is 1.95 bits per heavy atom. The van der Waals surface area contributed by atoms with Crippen molar-refractivity contribution >= 4 is 5.82 Å². The van der Waals surface area contributed by atoms with Gasteiger partial charge in [0.25, 0.3) is 0 Å². The molecule has 0 bridgehead atoms. The summed E-state index contributed by atoms with van der Waals surface area (Å²) in [4.78, 5) is 2.41. The average Bonchev–Trinajstić information content (AvgIpc) is 2.72. The maximum Gasteiger partial charge on any atom is 0.131 e. The van der Waals surface area contributed by atoms with Crippen LogP contribution in [-0.2, 0) is 13.6 Å². The molecule has 2 rings (SSSR count). The Balaban J connectivity index is 2.14. The van der Waals surface area contributed by atoms with E-state index in [4.69, 9.17) is 5.73 Å². The molecule has 1 aliphatic rings. The van der Waals surface area contributed by atoms with Crippen molar-refractivity contribution in [3.63, 3.8) is 0 Å². The standard InChI is InChI=1S/C15H28N4/c1-5-12-6-8-13(9-7-12)18(3)15-14(10-16)11(2)17-19(15)4/h12-13H,5-10,16H2,1-4H3. The van der Waals surface area contributed by atoms with Gasteiger partial charge in [0.1, 0.15) is 5.82 Å². The normalized spacial score (nSPS) is 23.6. The second-order valence-corrected chi connectivity index (χ2v) is 5.91. The van der Waals surface area contributed by atoms with Gasteiger partial charge < -0.3 is 10.6 Å². The van der Waals surface area contributed by atoms with Crippen LogP contribution in [0.3, 0.4) is 0 Å². The van der Waals surface area contributed by atoms with Crippen LogP contribution in [0, 0.1) is 12.8 Å². The van der Waals surface area contributed by atoms with Crippen LogP contribution < -0.4 is 10.6 Å². The van der Waals surface area contributed by atoms with Crippen molar-refractivity contribution in [1.82, 2.24) is 9.78 Å². The smallest absolute Gasteiger partial charge is 0.131 e. The van der Waals surface area contributed by atoms with Crippen molar-refractivity contribution in [3.8, 4) is 0 Å². The molecule has 0 atom stereocenters. The molecule has 0 aliphatic heterocycles. The van der Waals surface area contributed by atoms with Gasteiger partial charge in [-0.05, 0) is 38.5 Å². The first kappa shape index (κ1) is 14.4. The number of aryl methyl sites for hydroxylation is 2. The molecule has 2 N–H and O–H groups in total. The van der Waals surface area contributed by atoms with Gasteiger partial charge in [0, 0.05) is 32.2 Å². The molecule has 108 valence electrons. The molecule has 1 saturated carbocycles. The van der Waals surface area contributed by atoms with Crippen molar-refractivity contribution in [3.05, 3.63) is 11.3 Å². The fraction of sp³-hybridized carbons (Fsp3) is 0.800. The van der Waals surface area contributed by atoms with Crippen LogP contribution in [0.2, 0.25) is 0 Å². The lowest BCUT2D eigenvalue weighted by Crippen LogP contribution is -2.37. The molecule has 1 heterocycles. The van der Waals surface area contributed by atoms with Crippen LogP contribution in [0.15, 0.2) is 0 Å². The molecular weight excluding hydrogens is 236 g/mol. The molecule has 4 heteroatoms. The summed E-state index contributed by atoms with van der Waals surface area (Å²) in [6, 6.07) is 0.642. The lowest BCUT2D eigenvalue weighted by atomic mass is 9.84. The maximum absolute atomic E-state index is 5.90. The van der Waals surface area contributed by atoms with E-state index in [2.05, 4.69) is 24.0 Å². The summed E-state index contributed by atoms with van der Waals surface area (Å²) in [7, 11) is 4.22. The quantitative estimate of drug-likeness (QED) is 0.909. The molecule has 19 heavy (non-hydrogen) atoms. The molecule has 0 saturated heterocycles. The number of aromatic nitrogens is 2. The highest BCUT2D eigenvalue weighted by molar-refractivity contribution is 5.50. The SMILES string of the molecule is CCC1CCC(N(C)c2c(CN)c(C)nn2C)CC1. The predicted molar refractivity (Wildman–Crippen MR) is 80.3 cm³/mol. The Bertz CT molecular complexity index is 416. The van der Waals surface area contributed by atoms with Gasteiger partial charge in [-0.15, -0.1) is 0 Å². The van der Waals surface area contributed by atoms with Gasteiger partial charge in [-0.3, -0.25) is 4.68 Å². The van der Waals surface area contributed by atoms with Crippen molar-refractivity contribution in [1.29, 1.82) is 0 Å². The van der Waals surface area contributed by atoms with Crippen LogP contribution in [0.1, 0.15) is 50.3 Å². The monoisotopic (exact) mass is 264 g/mol. The van der Waals surface area contributed by atoms with E-state index in [1.807, 2.05) is 18.7 Å². The Morgan fingerprint density at radius 1 is 1.32 bits per heavy atom. The van der Waals surface area contributed by atoms with Crippen molar-refractivity contribution in [2.24, 2.45) is 18.7 Å². The number of rotatable bonds is 4. The van der Waals surface area contributed by atoms with E-state index in [0.29, 0.717) is 12.6 Å². The molecule has 1 aliphatic carbocycles. The third kappa shape index (κ3) is 2.78. The minimum Gasteiger partial charge on any atom is -0.357 e. The zero-order valence-corrected chi connectivity index (χ0v) is 12.8. The van der Waals surface area contributed by atoms with Crippen molar-refractivity contribution < 1.29 is 0 Å². The first-order valence-electron chi connectivity index (χ1n) is 7.53. The summed E-state index contributed by atoms with van der Waals surface area (Å²) in [5.74, 6) is 2.15. The number of anilines is 1. The van der Waals surface area contributed by atoms with Crippen LogP contribution in [0.4, 0.5) is 5.82 Å². The van der Waals surface area contributed by atoms with Gasteiger partial charge >= 0.3 is 0 Å². The molecule has 1 aromatic heterocycles. The van der Waals surface area contributed by atoms with Gasteiger partial charge in [-0.2, -0.15) is 5.10 Å². The lowest BCUT2D eigenvalue weighted by Gasteiger charge is -2.36. The highest BCUT2D eigenvalue weighted by atomic mass is 15.4. The molecule has 0 aromatic carbocycles. The van der Waals surface area contributed by atoms with E-state index < -0.39 is 0 Å². The van der Waals surface area contributed by atoms with Gasteiger partial charge in [0.15, 0.2) is 0 Å². The summed E-state index contributed by atoms with van der Waals surface area (Å²) in [6.45, 7) is 4.93. The van der Waals surface area contributed by atoms with Crippen LogP contribution in [0.25, 0.3) is 0 Å². The second-order valence-electron chi connectivity index (χ2n) is 5.91. The summed E-state index contributed by atoms with van der Waals surface area (Å²) >= 11 is 0. The molecule has 0 amide bonds. The highest BCUT2D eigenvalue weighted by Crippen LogP contribution is 2.32. The van der Waals surface area contributed by atoms with E-state index in [-0.39, 0.29) is 0 Å². The summed E-state index contributed by atoms with van der Waals surface area (Å²) < 4.78 is 1.99. The Kier molecular flexibility index (Phi) is 4.50. The summed E-state index contributed by atoms with van der Waals surface area (Å²) in [5, 5.41) is 4.52. The van der Waals surface area contributed by atoms with Gasteiger partial charge in [0.2, 0.25) is 0 Å². The average molecular weight is 264 g/mol. The molecule has 4 nitrogen and oxygen atoms in total. The van der Waals surface area contributed by atoms with Crippen LogP contribution in [-0.4, -0.2) is 22.9 Å². The first-order valence-corrected chi connectivity index (χ1v) is 7.53. The Morgan fingerprint density at radius 3 is 2.47 bits per heavy atom. The number of hydrogen-bond donors (Lipinski definition) is 1. The molecular formula is C15H28N4. The highest BCUT2D eigenvalue weighted by Gasteiger charge is 2.26. The summed E-state index contributed by atoms with van der Waals surface area (Å²) in [5.41, 5.74) is 8.16. The summed E-state index contributed by atoms with van der Waals surface area (Å²) in [6.07, 6.45) is 6.64. The Hall–Kier alpha value is -1.03. The van der Waals surface area contributed by atoms with E-state index in [9.17, 15) is 0 Å². The van der Waals surface area contributed by atoms with Crippen molar-refractivity contribution in [2.45, 2.75) is 58.5 Å². The van der Waals surface area contributed by atoms with E-state index >= 15 is 0 Å². The third-order valence-electron chi connectivity index (χ3n) is 4.79. The topological polar surface area (TPSA) is 47.1 Å². The minimum atomic E-state index is 0.573. The zero-order chi connectivity index (χ0) is 14.0. The lowest BCUT2D eigenvalue weighted by molar-refractivity contribution is 0.312. The van der Waals surface area contributed by atoms with Gasteiger partial charge in [0.05, 0.1) is 5.69 Å². The number of nitrogens with zero attached hydrogens (tertiary/aromatic N) is 3. The number of hydrogen-bond acceptors (Lipinski definition) is 3. The molecule has 1 fully saturated rings. The largest absolute Gasteiger partial charge is 0.357 e. The van der Waals surface area contributed by atoms with E-state index in [0.717, 1.165) is 11.6 Å². The predicted octanol–water partition coefficient (Wildman–Crippen LogP) is 2.59. The van der Waals surface area contributed by atoms with E-state index in [1.165, 1.54) is 43.5 Å². The first-order chi connectivity index (χ1) is 9.08. The van der Waals surface area contributed by atoms with Gasteiger partial charge in [-0.1, -0.05) is 13.3 Å². The molecule has 0 radical (unpaired) electrons. The third-order valence-corrected chi connectivity index (χ3v) is 4.79. The van der Waals surface area contributed by atoms with Crippen LogP contribution in [0.5, 0.6) is 0 Å². The minimum absolute atomic E-state index is 0.573. The zero-order valence-electron chi connectivity index (χ0n) is 12.8. The molecule has 1 aromatic rings. The number of nitrogens with two attached hydrogens (primary N) is 1. The fourth-order valence-electron chi connectivity index (χ4n) is 3.48.